The Morgan fingerprint density at radius 1 is 1.11 bits per heavy atom. The van der Waals surface area contributed by atoms with Crippen LogP contribution >= 0.6 is 22.9 Å². The van der Waals surface area contributed by atoms with Gasteiger partial charge in [0.1, 0.15) is 5.69 Å². The third kappa shape index (κ3) is 4.84. The van der Waals surface area contributed by atoms with Gasteiger partial charge in [0.2, 0.25) is 5.88 Å². The number of aromatic nitrogens is 5. The summed E-state index contributed by atoms with van der Waals surface area (Å²) in [7, 11) is 0. The van der Waals surface area contributed by atoms with Crippen molar-refractivity contribution in [1.82, 2.24) is 29.9 Å². The molecule has 0 aliphatic rings. The highest BCUT2D eigenvalue weighted by atomic mass is 35.5. The fourth-order valence-corrected chi connectivity index (χ4v) is 4.44. The highest BCUT2D eigenvalue weighted by Crippen LogP contribution is 2.29. The number of halogens is 1. The van der Waals surface area contributed by atoms with Gasteiger partial charge in [-0.1, -0.05) is 22.9 Å². The fraction of sp³-hybridized carbons (Fsp3) is 0.0417. The first-order valence-electron chi connectivity index (χ1n) is 10.4. The molecule has 0 fully saturated rings. The zero-order valence-corrected chi connectivity index (χ0v) is 19.6. The van der Waals surface area contributed by atoms with Crippen LogP contribution in [-0.2, 0) is 6.54 Å². The van der Waals surface area contributed by atoms with Gasteiger partial charge >= 0.3 is 0 Å². The molecular formula is C24H17ClN6O3S. The summed E-state index contributed by atoms with van der Waals surface area (Å²) in [5.41, 5.74) is 3.16. The molecule has 11 heteroatoms. The van der Waals surface area contributed by atoms with E-state index in [4.69, 9.17) is 11.6 Å². The minimum atomic E-state index is -0.245. The molecule has 5 aromatic rings. The number of nitrogens with zero attached hydrogens (tertiary/aromatic N) is 5. The molecule has 0 aliphatic carbocycles. The van der Waals surface area contributed by atoms with Gasteiger partial charge in [0.15, 0.2) is 0 Å². The maximum absolute atomic E-state index is 12.4. The summed E-state index contributed by atoms with van der Waals surface area (Å²) in [5.74, 6) is -0.346. The SMILES string of the molecule is O=C(NCc1cn(-c2ccc(-n3ccccc3=O)cc2-c2ccc(O)nc2)nn1)c1ccc(Cl)s1. The third-order valence-electron chi connectivity index (χ3n) is 5.15. The van der Waals surface area contributed by atoms with Gasteiger partial charge in [-0.3, -0.25) is 14.2 Å². The first-order chi connectivity index (χ1) is 17.0. The topological polar surface area (TPSA) is 115 Å². The van der Waals surface area contributed by atoms with E-state index in [2.05, 4.69) is 20.6 Å². The van der Waals surface area contributed by atoms with Crippen LogP contribution in [0, 0.1) is 0 Å². The zero-order valence-electron chi connectivity index (χ0n) is 18.0. The van der Waals surface area contributed by atoms with E-state index in [9.17, 15) is 14.7 Å². The van der Waals surface area contributed by atoms with Gasteiger partial charge in [-0.25, -0.2) is 9.67 Å². The molecule has 0 unspecified atom stereocenters. The monoisotopic (exact) mass is 504 g/mol. The van der Waals surface area contributed by atoms with Gasteiger partial charge in [0.25, 0.3) is 11.5 Å². The largest absolute Gasteiger partial charge is 0.493 e. The van der Waals surface area contributed by atoms with Crippen molar-refractivity contribution in [3.8, 4) is 28.4 Å². The van der Waals surface area contributed by atoms with Crippen LogP contribution in [0.2, 0.25) is 4.34 Å². The molecule has 2 N–H and O–H groups in total. The molecule has 0 radical (unpaired) electrons. The van der Waals surface area contributed by atoms with Crippen molar-refractivity contribution < 1.29 is 9.90 Å². The third-order valence-corrected chi connectivity index (χ3v) is 6.38. The van der Waals surface area contributed by atoms with Crippen LogP contribution in [0.3, 0.4) is 0 Å². The molecule has 0 spiro atoms. The van der Waals surface area contributed by atoms with Crippen molar-refractivity contribution >= 4 is 28.8 Å². The number of hydrogen-bond acceptors (Lipinski definition) is 7. The van der Waals surface area contributed by atoms with Gasteiger partial charge in [-0.2, -0.15) is 0 Å². The lowest BCUT2D eigenvalue weighted by atomic mass is 10.0. The van der Waals surface area contributed by atoms with Gasteiger partial charge in [0.05, 0.1) is 27.6 Å². The van der Waals surface area contributed by atoms with Crippen molar-refractivity contribution in [3.63, 3.8) is 0 Å². The minimum Gasteiger partial charge on any atom is -0.493 e. The predicted octanol–water partition coefficient (Wildman–Crippen LogP) is 3.83. The second-order valence-electron chi connectivity index (χ2n) is 7.46. The van der Waals surface area contributed by atoms with E-state index < -0.39 is 0 Å². The van der Waals surface area contributed by atoms with Crippen LogP contribution in [0.1, 0.15) is 15.4 Å². The lowest BCUT2D eigenvalue weighted by molar-refractivity contribution is 0.0954. The van der Waals surface area contributed by atoms with Crippen molar-refractivity contribution in [2.45, 2.75) is 6.54 Å². The lowest BCUT2D eigenvalue weighted by Crippen LogP contribution is -2.21. The first kappa shape index (κ1) is 22.5. The molecule has 0 aliphatic heterocycles. The molecule has 0 bridgehead atoms. The number of benzene rings is 1. The quantitative estimate of drug-likeness (QED) is 0.363. The highest BCUT2D eigenvalue weighted by molar-refractivity contribution is 7.17. The van der Waals surface area contributed by atoms with Gasteiger partial charge in [0, 0.05) is 41.3 Å². The fourth-order valence-electron chi connectivity index (χ4n) is 3.48. The zero-order chi connectivity index (χ0) is 24.4. The Balaban J connectivity index is 1.48. The summed E-state index contributed by atoms with van der Waals surface area (Å²) < 4.78 is 3.65. The van der Waals surface area contributed by atoms with Crippen LogP contribution in [-0.4, -0.2) is 35.6 Å². The van der Waals surface area contributed by atoms with E-state index >= 15 is 0 Å². The smallest absolute Gasteiger partial charge is 0.261 e. The van der Waals surface area contributed by atoms with E-state index in [1.807, 2.05) is 12.1 Å². The molecule has 5 rings (SSSR count). The number of thiophene rings is 1. The Bertz CT molecular complexity index is 1570. The Morgan fingerprint density at radius 2 is 2.00 bits per heavy atom. The average molecular weight is 505 g/mol. The number of carbonyl (C=O) groups excluding carboxylic acids is 1. The molecule has 0 saturated carbocycles. The summed E-state index contributed by atoms with van der Waals surface area (Å²) >= 11 is 7.10. The highest BCUT2D eigenvalue weighted by Gasteiger charge is 2.14. The number of aromatic hydroxyl groups is 1. The number of pyridine rings is 2. The van der Waals surface area contributed by atoms with E-state index in [-0.39, 0.29) is 23.9 Å². The van der Waals surface area contributed by atoms with E-state index in [1.165, 1.54) is 34.2 Å². The van der Waals surface area contributed by atoms with Crippen molar-refractivity contribution in [3.05, 3.63) is 105 Å². The second kappa shape index (κ2) is 9.53. The molecule has 0 saturated heterocycles. The molecule has 4 heterocycles. The summed E-state index contributed by atoms with van der Waals surface area (Å²) in [5, 5.41) is 20.8. The van der Waals surface area contributed by atoms with Crippen LogP contribution in [0.4, 0.5) is 0 Å². The number of nitrogens with one attached hydrogen (secondary N) is 1. The van der Waals surface area contributed by atoms with Crippen LogP contribution < -0.4 is 10.9 Å². The normalized spacial score (nSPS) is 10.9. The number of hydrogen-bond donors (Lipinski definition) is 2. The van der Waals surface area contributed by atoms with Gasteiger partial charge < -0.3 is 10.4 Å². The number of amides is 1. The summed E-state index contributed by atoms with van der Waals surface area (Å²) in [6, 6.07) is 17.0. The van der Waals surface area contributed by atoms with Crippen LogP contribution in [0.5, 0.6) is 5.88 Å². The maximum Gasteiger partial charge on any atom is 0.261 e. The minimum absolute atomic E-state index is 0.100. The number of carbonyl (C=O) groups is 1. The maximum atomic E-state index is 12.4. The molecule has 9 nitrogen and oxygen atoms in total. The van der Waals surface area contributed by atoms with Crippen molar-refractivity contribution in [2.24, 2.45) is 0 Å². The van der Waals surface area contributed by atoms with E-state index in [1.54, 1.807) is 53.5 Å². The summed E-state index contributed by atoms with van der Waals surface area (Å²) in [6.45, 7) is 0.182. The number of rotatable bonds is 6. The molecule has 35 heavy (non-hydrogen) atoms. The molecule has 1 aromatic carbocycles. The molecule has 0 atom stereocenters. The van der Waals surface area contributed by atoms with E-state index in [0.29, 0.717) is 31.8 Å². The predicted molar refractivity (Wildman–Crippen MR) is 132 cm³/mol. The lowest BCUT2D eigenvalue weighted by Gasteiger charge is -2.13. The molecule has 174 valence electrons. The van der Waals surface area contributed by atoms with Crippen LogP contribution in [0.15, 0.2) is 84.0 Å². The first-order valence-corrected chi connectivity index (χ1v) is 11.6. The molecule has 1 amide bonds. The van der Waals surface area contributed by atoms with Crippen molar-refractivity contribution in [1.29, 1.82) is 0 Å². The Hall–Kier alpha value is -4.28. The second-order valence-corrected chi connectivity index (χ2v) is 9.17. The molecule has 4 aromatic heterocycles. The van der Waals surface area contributed by atoms with Gasteiger partial charge in [-0.15, -0.1) is 16.4 Å². The van der Waals surface area contributed by atoms with E-state index in [0.717, 1.165) is 5.56 Å². The van der Waals surface area contributed by atoms with Gasteiger partial charge in [-0.05, 0) is 42.5 Å². The Kier molecular flexibility index (Phi) is 6.13. The van der Waals surface area contributed by atoms with Crippen LogP contribution in [0.25, 0.3) is 22.5 Å². The summed E-state index contributed by atoms with van der Waals surface area (Å²) in [4.78, 5) is 29.1. The standard InChI is InChI=1S/C24H17ClN6O3S/c25-21-8-7-20(35-21)24(34)27-13-16-14-31(29-28-16)19-6-5-17(30-10-2-1-3-23(30)33)11-18(19)15-4-9-22(32)26-12-15/h1-12,14H,13H2,(H,26,32)(H,27,34). The average Bonchev–Trinajstić information content (AvgIpc) is 3.52. The molecular weight excluding hydrogens is 488 g/mol. The summed E-state index contributed by atoms with van der Waals surface area (Å²) in [6.07, 6.45) is 4.94. The van der Waals surface area contributed by atoms with Crippen molar-refractivity contribution in [2.75, 3.05) is 0 Å². The Labute approximate surface area is 207 Å². The Morgan fingerprint density at radius 3 is 2.74 bits per heavy atom.